The van der Waals surface area contributed by atoms with Gasteiger partial charge in [0.05, 0.1) is 16.8 Å². The van der Waals surface area contributed by atoms with Crippen molar-refractivity contribution in [2.75, 3.05) is 12.0 Å². The van der Waals surface area contributed by atoms with Crippen molar-refractivity contribution in [1.82, 2.24) is 25.0 Å². The van der Waals surface area contributed by atoms with Gasteiger partial charge in [-0.2, -0.15) is 9.78 Å². The summed E-state index contributed by atoms with van der Waals surface area (Å²) in [6, 6.07) is 3.35. The summed E-state index contributed by atoms with van der Waals surface area (Å²) in [5.41, 5.74) is 6.51. The largest absolute Gasteiger partial charge is 0.383 e. The van der Waals surface area contributed by atoms with Gasteiger partial charge in [0.1, 0.15) is 5.82 Å². The lowest BCUT2D eigenvalue weighted by Crippen LogP contribution is -2.04. The third-order valence-corrected chi connectivity index (χ3v) is 5.62. The molecule has 0 saturated carbocycles. The van der Waals surface area contributed by atoms with Crippen LogP contribution < -0.4 is 5.73 Å². The predicted molar refractivity (Wildman–Crippen MR) is 82.8 cm³/mol. The number of nitrogens with zero attached hydrogens (tertiary/aromatic N) is 5. The van der Waals surface area contributed by atoms with Crippen LogP contribution in [-0.4, -0.2) is 39.6 Å². The molecule has 11 heteroatoms. The number of pyridine rings is 1. The maximum absolute atomic E-state index is 11.5. The highest BCUT2D eigenvalue weighted by Gasteiger charge is 2.20. The fourth-order valence-electron chi connectivity index (χ4n) is 1.69. The molecule has 0 aliphatic heterocycles. The van der Waals surface area contributed by atoms with Gasteiger partial charge < -0.3 is 5.73 Å². The van der Waals surface area contributed by atoms with Crippen molar-refractivity contribution in [3.05, 3.63) is 29.5 Å². The molecule has 3 rings (SSSR count). The standard InChI is InChI=1S/C11H9ClN6O2S2/c1-22(19,20)11-17-16-10(21-11)6-5-15-18(8(6)13)9-7(12)3-2-4-14-9/h2-5H,13H2,1H3. The molecule has 114 valence electrons. The fraction of sp³-hybridized carbons (Fsp3) is 0.0909. The molecule has 0 bridgehead atoms. The average molecular weight is 357 g/mol. The Morgan fingerprint density at radius 2 is 2.14 bits per heavy atom. The van der Waals surface area contributed by atoms with Crippen molar-refractivity contribution >= 4 is 38.6 Å². The lowest BCUT2D eigenvalue weighted by Gasteiger charge is -2.04. The molecule has 0 aliphatic carbocycles. The summed E-state index contributed by atoms with van der Waals surface area (Å²) in [5.74, 6) is 0.623. The summed E-state index contributed by atoms with van der Waals surface area (Å²) >= 11 is 6.99. The van der Waals surface area contributed by atoms with Gasteiger partial charge in [-0.05, 0) is 12.1 Å². The van der Waals surface area contributed by atoms with Crippen molar-refractivity contribution in [3.63, 3.8) is 0 Å². The van der Waals surface area contributed by atoms with E-state index in [0.29, 0.717) is 21.4 Å². The second-order valence-electron chi connectivity index (χ2n) is 4.31. The lowest BCUT2D eigenvalue weighted by atomic mass is 10.3. The summed E-state index contributed by atoms with van der Waals surface area (Å²) in [6.07, 6.45) is 4.10. The maximum atomic E-state index is 11.5. The van der Waals surface area contributed by atoms with Gasteiger partial charge in [-0.1, -0.05) is 22.9 Å². The number of rotatable bonds is 3. The minimum Gasteiger partial charge on any atom is -0.383 e. The summed E-state index contributed by atoms with van der Waals surface area (Å²) in [4.78, 5) is 4.12. The lowest BCUT2D eigenvalue weighted by molar-refractivity contribution is 0.600. The average Bonchev–Trinajstić information content (AvgIpc) is 3.05. The number of sulfone groups is 1. The van der Waals surface area contributed by atoms with Crippen LogP contribution in [-0.2, 0) is 9.84 Å². The minimum absolute atomic E-state index is 0.0782. The minimum atomic E-state index is -3.41. The number of nitrogens with two attached hydrogens (primary N) is 1. The molecule has 0 aromatic carbocycles. The summed E-state index contributed by atoms with van der Waals surface area (Å²) in [5, 5.41) is 12.4. The van der Waals surface area contributed by atoms with Crippen molar-refractivity contribution in [2.24, 2.45) is 0 Å². The van der Waals surface area contributed by atoms with E-state index in [1.807, 2.05) is 0 Å². The van der Waals surface area contributed by atoms with Crippen molar-refractivity contribution in [2.45, 2.75) is 4.34 Å². The molecule has 3 aromatic heterocycles. The van der Waals surface area contributed by atoms with E-state index >= 15 is 0 Å². The van der Waals surface area contributed by atoms with Gasteiger partial charge in [0.15, 0.2) is 10.8 Å². The van der Waals surface area contributed by atoms with Gasteiger partial charge in [0.2, 0.25) is 14.2 Å². The Morgan fingerprint density at radius 1 is 1.36 bits per heavy atom. The van der Waals surface area contributed by atoms with Crippen LogP contribution in [0.4, 0.5) is 5.82 Å². The molecule has 0 aliphatic rings. The van der Waals surface area contributed by atoms with Gasteiger partial charge >= 0.3 is 0 Å². The van der Waals surface area contributed by atoms with E-state index in [1.54, 1.807) is 18.3 Å². The highest BCUT2D eigenvalue weighted by atomic mass is 35.5. The zero-order valence-corrected chi connectivity index (χ0v) is 13.5. The van der Waals surface area contributed by atoms with E-state index in [1.165, 1.54) is 10.9 Å². The normalized spacial score (nSPS) is 11.7. The molecule has 3 aromatic rings. The second-order valence-corrected chi connectivity index (χ2v) is 7.88. The zero-order chi connectivity index (χ0) is 15.9. The van der Waals surface area contributed by atoms with Gasteiger partial charge in [-0.25, -0.2) is 13.4 Å². The van der Waals surface area contributed by atoms with E-state index in [2.05, 4.69) is 20.3 Å². The molecule has 0 atom stereocenters. The Balaban J connectivity index is 2.08. The van der Waals surface area contributed by atoms with Crippen LogP contribution in [0.1, 0.15) is 0 Å². The first-order valence-electron chi connectivity index (χ1n) is 5.86. The third kappa shape index (κ3) is 2.56. The predicted octanol–water partition coefficient (Wildman–Crippen LogP) is 1.42. The Morgan fingerprint density at radius 3 is 2.77 bits per heavy atom. The van der Waals surface area contributed by atoms with Crippen molar-refractivity contribution in [3.8, 4) is 16.4 Å². The molecule has 0 radical (unpaired) electrons. The van der Waals surface area contributed by atoms with Crippen LogP contribution in [0.2, 0.25) is 5.02 Å². The molecular weight excluding hydrogens is 348 g/mol. The SMILES string of the molecule is CS(=O)(=O)c1nnc(-c2cnn(-c3ncccc3Cl)c2N)s1. The number of hydrogen-bond donors (Lipinski definition) is 1. The Bertz CT molecular complexity index is 949. The Hall–Kier alpha value is -2.04. The Labute approximate surface area is 134 Å². The van der Waals surface area contributed by atoms with Crippen LogP contribution in [0.15, 0.2) is 28.9 Å². The number of halogens is 1. The van der Waals surface area contributed by atoms with Gasteiger partial charge in [-0.3, -0.25) is 0 Å². The molecule has 0 saturated heterocycles. The number of hydrogen-bond acceptors (Lipinski definition) is 8. The van der Waals surface area contributed by atoms with E-state index in [-0.39, 0.29) is 10.2 Å². The first-order chi connectivity index (χ1) is 10.4. The molecule has 0 unspecified atom stereocenters. The van der Waals surface area contributed by atoms with Crippen LogP contribution in [0, 0.1) is 0 Å². The second kappa shape index (κ2) is 5.30. The number of nitrogen functional groups attached to an aromatic ring is 1. The van der Waals surface area contributed by atoms with Crippen LogP contribution in [0.3, 0.4) is 0 Å². The molecular formula is C11H9ClN6O2S2. The fourth-order valence-corrected chi connectivity index (χ4v) is 3.52. The zero-order valence-electron chi connectivity index (χ0n) is 11.1. The molecule has 0 amide bonds. The summed E-state index contributed by atoms with van der Waals surface area (Å²) < 4.78 is 24.2. The van der Waals surface area contributed by atoms with E-state index < -0.39 is 9.84 Å². The highest BCUT2D eigenvalue weighted by Crippen LogP contribution is 2.32. The van der Waals surface area contributed by atoms with E-state index in [4.69, 9.17) is 17.3 Å². The third-order valence-electron chi connectivity index (χ3n) is 2.70. The summed E-state index contributed by atoms with van der Waals surface area (Å²) in [6.45, 7) is 0. The monoisotopic (exact) mass is 356 g/mol. The topological polar surface area (TPSA) is 117 Å². The molecule has 8 nitrogen and oxygen atoms in total. The molecule has 22 heavy (non-hydrogen) atoms. The molecule has 0 fully saturated rings. The quantitative estimate of drug-likeness (QED) is 0.754. The number of aromatic nitrogens is 5. The first kappa shape index (κ1) is 14.9. The smallest absolute Gasteiger partial charge is 0.232 e. The van der Waals surface area contributed by atoms with Crippen molar-refractivity contribution < 1.29 is 8.42 Å². The maximum Gasteiger partial charge on any atom is 0.232 e. The van der Waals surface area contributed by atoms with Gasteiger partial charge in [0, 0.05) is 12.5 Å². The first-order valence-corrected chi connectivity index (χ1v) is 8.95. The number of anilines is 1. The summed E-state index contributed by atoms with van der Waals surface area (Å²) in [7, 11) is -3.41. The van der Waals surface area contributed by atoms with E-state index in [9.17, 15) is 8.42 Å². The molecule has 3 heterocycles. The molecule has 0 spiro atoms. The molecule has 2 N–H and O–H groups in total. The van der Waals surface area contributed by atoms with Crippen LogP contribution in [0.25, 0.3) is 16.4 Å². The van der Waals surface area contributed by atoms with E-state index in [0.717, 1.165) is 17.6 Å². The Kier molecular flexibility index (Phi) is 3.59. The van der Waals surface area contributed by atoms with Crippen molar-refractivity contribution in [1.29, 1.82) is 0 Å². The highest BCUT2D eigenvalue weighted by molar-refractivity contribution is 7.92. The van der Waals surface area contributed by atoms with Gasteiger partial charge in [-0.15, -0.1) is 10.2 Å². The van der Waals surface area contributed by atoms with Gasteiger partial charge in [0.25, 0.3) is 0 Å². The van der Waals surface area contributed by atoms with Crippen LogP contribution >= 0.6 is 22.9 Å². The van der Waals surface area contributed by atoms with Crippen LogP contribution in [0.5, 0.6) is 0 Å².